The number of carbonyl (C=O) groups excluding carboxylic acids is 1. The number of hydrogen-bond donors (Lipinski definition) is 3. The van der Waals surface area contributed by atoms with E-state index in [-0.39, 0.29) is 42.0 Å². The fraction of sp³-hybridized carbons (Fsp3) is 0.405. The van der Waals surface area contributed by atoms with E-state index in [1.807, 2.05) is 13.8 Å². The smallest absolute Gasteiger partial charge is 0.314 e. The number of piperazine rings is 1. The average Bonchev–Trinajstić information content (AvgIpc) is 3.92. The fourth-order valence-corrected chi connectivity index (χ4v) is 8.34. The molecular formula is C37H39F3N10O6S. The highest BCUT2D eigenvalue weighted by Crippen LogP contribution is 2.34. The molecule has 0 amide bonds. The van der Waals surface area contributed by atoms with Crippen molar-refractivity contribution in [2.75, 3.05) is 66.6 Å². The Bertz CT molecular complexity index is 2330. The maximum Gasteiger partial charge on any atom is 0.314 e. The minimum Gasteiger partial charge on any atom is -0.481 e. The number of nitrogens with zero attached hydrogens (tertiary/aromatic N) is 9. The number of halogens is 3. The number of pyridine rings is 1. The summed E-state index contributed by atoms with van der Waals surface area (Å²) in [5, 5.41) is 15.1. The summed E-state index contributed by atoms with van der Waals surface area (Å²) in [5.41, 5.74) is -0.123. The van der Waals surface area contributed by atoms with Crippen LogP contribution in [0.1, 0.15) is 47.9 Å². The minimum atomic E-state index is -2.83. The van der Waals surface area contributed by atoms with E-state index >= 15 is 8.78 Å². The largest absolute Gasteiger partial charge is 0.481 e. The van der Waals surface area contributed by atoms with Crippen molar-refractivity contribution >= 4 is 51.5 Å². The van der Waals surface area contributed by atoms with E-state index in [9.17, 15) is 27.8 Å². The van der Waals surface area contributed by atoms with Gasteiger partial charge in [-0.15, -0.1) is 0 Å². The molecule has 3 aliphatic rings. The number of carboxylic acid groups (broad SMARTS) is 1. The number of nitrogens with one attached hydrogen (secondary N) is 1. The molecule has 3 saturated heterocycles. The van der Waals surface area contributed by atoms with Crippen LogP contribution < -0.4 is 14.2 Å². The van der Waals surface area contributed by atoms with Crippen LogP contribution in [-0.2, 0) is 16.1 Å². The Morgan fingerprint density at radius 2 is 1.70 bits per heavy atom. The molecule has 2 unspecified atom stereocenters. The van der Waals surface area contributed by atoms with E-state index in [0.717, 1.165) is 43.3 Å². The van der Waals surface area contributed by atoms with Crippen LogP contribution in [0.2, 0.25) is 0 Å². The summed E-state index contributed by atoms with van der Waals surface area (Å²) in [7, 11) is 0. The van der Waals surface area contributed by atoms with Crippen molar-refractivity contribution in [2.24, 2.45) is 5.92 Å². The molecule has 3 N–H and O–H groups in total. The summed E-state index contributed by atoms with van der Waals surface area (Å²) in [6, 6.07) is 5.45. The molecule has 0 aliphatic carbocycles. The molecule has 300 valence electrons. The lowest BCUT2D eigenvalue weighted by molar-refractivity contribution is -0.140. The number of H-pyrrole nitrogens is 1. The van der Waals surface area contributed by atoms with Crippen LogP contribution >= 0.6 is 0 Å². The molecule has 3 fully saturated rings. The minimum absolute atomic E-state index is 0.0258. The lowest BCUT2D eigenvalue weighted by Crippen LogP contribution is -2.63. The van der Waals surface area contributed by atoms with Gasteiger partial charge in [0, 0.05) is 105 Å². The van der Waals surface area contributed by atoms with Crippen LogP contribution in [0.4, 0.5) is 30.6 Å². The van der Waals surface area contributed by atoms with Gasteiger partial charge in [0.2, 0.25) is 11.7 Å². The molecule has 4 aromatic heterocycles. The third-order valence-corrected chi connectivity index (χ3v) is 11.5. The Morgan fingerprint density at radius 3 is 2.35 bits per heavy atom. The number of anilines is 3. The van der Waals surface area contributed by atoms with Gasteiger partial charge in [-0.2, -0.15) is 4.41 Å². The second-order valence-electron chi connectivity index (χ2n) is 14.7. The van der Waals surface area contributed by atoms with Crippen LogP contribution in [0.25, 0.3) is 22.2 Å². The number of rotatable bonds is 12. The quantitative estimate of drug-likeness (QED) is 0.120. The molecule has 5 aromatic rings. The van der Waals surface area contributed by atoms with Gasteiger partial charge in [-0.1, -0.05) is 19.0 Å². The number of aromatic amines is 1. The number of fused-ring (bicyclic) bond motifs is 1. The highest BCUT2D eigenvalue weighted by atomic mass is 32.2. The highest BCUT2D eigenvalue weighted by molar-refractivity contribution is 7.80. The first-order valence-electron chi connectivity index (χ1n) is 18.4. The number of alkyl halides is 1. The van der Waals surface area contributed by atoms with Crippen molar-refractivity contribution in [1.29, 1.82) is 0 Å². The molecule has 3 atom stereocenters. The van der Waals surface area contributed by atoms with Gasteiger partial charge in [-0.3, -0.25) is 19.0 Å². The molecule has 0 spiro atoms. The Morgan fingerprint density at radius 1 is 0.982 bits per heavy atom. The van der Waals surface area contributed by atoms with E-state index in [0.29, 0.717) is 52.2 Å². The monoisotopic (exact) mass is 808 g/mol. The number of carboxylic acids is 1. The second kappa shape index (κ2) is 15.5. The zero-order chi connectivity index (χ0) is 40.1. The maximum atomic E-state index is 16.0. The van der Waals surface area contributed by atoms with Gasteiger partial charge in [0.1, 0.15) is 29.2 Å². The number of benzene rings is 1. The zero-order valence-corrected chi connectivity index (χ0v) is 31.7. The first-order chi connectivity index (χ1) is 27.4. The normalized spacial score (nSPS) is 19.3. The predicted molar refractivity (Wildman–Crippen MR) is 203 cm³/mol. The number of carbonyl (C=O) groups is 2. The van der Waals surface area contributed by atoms with Crippen LogP contribution in [0.3, 0.4) is 0 Å². The van der Waals surface area contributed by atoms with Gasteiger partial charge in [0.25, 0.3) is 11.3 Å². The number of hydrazine groups is 1. The van der Waals surface area contributed by atoms with Gasteiger partial charge in [0.05, 0.1) is 12.1 Å². The summed E-state index contributed by atoms with van der Waals surface area (Å²) < 4.78 is 73.3. The van der Waals surface area contributed by atoms with Gasteiger partial charge < -0.3 is 24.4 Å². The van der Waals surface area contributed by atoms with E-state index in [1.54, 1.807) is 30.7 Å². The van der Waals surface area contributed by atoms with Crippen molar-refractivity contribution in [1.82, 2.24) is 35.0 Å². The Kier molecular flexibility index (Phi) is 10.4. The summed E-state index contributed by atoms with van der Waals surface area (Å²) in [6.07, 6.45) is 4.90. The van der Waals surface area contributed by atoms with Crippen molar-refractivity contribution in [3.8, 4) is 11.1 Å². The number of hydrogen-bond acceptors (Lipinski definition) is 12. The van der Waals surface area contributed by atoms with Gasteiger partial charge >= 0.3 is 5.97 Å². The molecule has 0 radical (unpaired) electrons. The zero-order valence-electron chi connectivity index (χ0n) is 30.9. The van der Waals surface area contributed by atoms with E-state index in [4.69, 9.17) is 4.52 Å². The SMILES string of the molecule is CC(C)C(C(=O)O)c1cc(N2CC(N3CCN(c4ncc(-c5cnc6[nH]cc(C(=O)c7c(F)ccc(N(N8CC[C@@H](F)C8)S(=O)O)c7F)c6c5)cn4)CC3)C2)no1. The lowest BCUT2D eigenvalue weighted by atomic mass is 9.93. The topological polar surface area (TPSA) is 188 Å². The molecule has 1 aromatic carbocycles. The maximum absolute atomic E-state index is 16.0. The van der Waals surface area contributed by atoms with E-state index in [1.165, 1.54) is 6.20 Å². The van der Waals surface area contributed by atoms with Gasteiger partial charge in [-0.25, -0.2) is 37.3 Å². The molecule has 7 heterocycles. The highest BCUT2D eigenvalue weighted by Gasteiger charge is 2.37. The molecule has 20 heteroatoms. The van der Waals surface area contributed by atoms with Crippen LogP contribution in [0.5, 0.6) is 0 Å². The van der Waals surface area contributed by atoms with Crippen LogP contribution in [-0.4, -0.2) is 125 Å². The molecule has 3 aliphatic heterocycles. The summed E-state index contributed by atoms with van der Waals surface area (Å²) in [6.45, 7) is 7.94. The first-order valence-corrected chi connectivity index (χ1v) is 19.5. The molecular weight excluding hydrogens is 770 g/mol. The van der Waals surface area contributed by atoms with Crippen molar-refractivity contribution in [2.45, 2.75) is 38.4 Å². The van der Waals surface area contributed by atoms with Gasteiger partial charge in [-0.05, 0) is 30.5 Å². The van der Waals surface area contributed by atoms with Crippen molar-refractivity contribution < 1.29 is 41.2 Å². The van der Waals surface area contributed by atoms with E-state index < -0.39 is 58.0 Å². The van der Waals surface area contributed by atoms with E-state index in [2.05, 4.69) is 39.8 Å². The number of aliphatic carboxylic acids is 1. The lowest BCUT2D eigenvalue weighted by Gasteiger charge is -2.48. The standard InChI is InChI=1S/C37H39F3N10O6S/c1-20(2)31(36(52)53)29-12-30(45-56-29)48-18-24(19-48)46-7-9-47(10-8-46)37-43-14-22(15-44-37)21-11-25-26(16-42-35(25)41-13-21)34(51)32-27(39)3-4-28(33(32)40)50(57(54)55)49-6-5-23(38)17-49/h3-4,11-16,20,23-24,31H,5-10,17-19H2,1-2H3,(H,41,42)(H,52,53)(H,54,55)/t23-,31?/m1/s1. The Hall–Kier alpha value is -5.44. The summed E-state index contributed by atoms with van der Waals surface area (Å²) in [5.74, 6) is -3.82. The Balaban J connectivity index is 0.922. The van der Waals surface area contributed by atoms with Crippen LogP contribution in [0.15, 0.2) is 53.6 Å². The molecule has 57 heavy (non-hydrogen) atoms. The molecule has 0 saturated carbocycles. The number of aromatic nitrogens is 5. The molecule has 8 rings (SSSR count). The van der Waals surface area contributed by atoms with Gasteiger partial charge in [0.15, 0.2) is 17.4 Å². The predicted octanol–water partition coefficient (Wildman–Crippen LogP) is 4.25. The summed E-state index contributed by atoms with van der Waals surface area (Å²) >= 11 is -2.83. The molecule has 0 bridgehead atoms. The third kappa shape index (κ3) is 7.33. The average molecular weight is 809 g/mol. The first kappa shape index (κ1) is 38.4. The second-order valence-corrected chi connectivity index (χ2v) is 15.5. The summed E-state index contributed by atoms with van der Waals surface area (Å²) in [4.78, 5) is 48.5. The van der Waals surface area contributed by atoms with Crippen LogP contribution in [0, 0.1) is 17.6 Å². The fourth-order valence-electron chi connectivity index (χ4n) is 7.69. The van der Waals surface area contributed by atoms with Crippen molar-refractivity contribution in [3.63, 3.8) is 0 Å². The Labute approximate surface area is 326 Å². The number of ketones is 1. The third-order valence-electron chi connectivity index (χ3n) is 10.8. The molecule has 16 nitrogen and oxygen atoms in total. The van der Waals surface area contributed by atoms with Crippen molar-refractivity contribution in [3.05, 3.63) is 77.6 Å².